The number of carbonyl (C=O) groups excluding carboxylic acids is 1. The summed E-state index contributed by atoms with van der Waals surface area (Å²) >= 11 is 0. The second-order valence-corrected chi connectivity index (χ2v) is 10.4. The summed E-state index contributed by atoms with van der Waals surface area (Å²) in [5.41, 5.74) is 3.25. The number of para-hydroxylation sites is 1. The monoisotopic (exact) mass is 500 g/mol. The van der Waals surface area contributed by atoms with Crippen molar-refractivity contribution in [2.24, 2.45) is 0 Å². The van der Waals surface area contributed by atoms with Crippen LogP contribution < -0.4 is 4.74 Å². The molecule has 6 heteroatoms. The number of methoxy groups -OCH3 is 1. The van der Waals surface area contributed by atoms with E-state index in [-0.39, 0.29) is 10.6 Å². The molecule has 4 aromatic rings. The number of benzene rings is 4. The lowest BCUT2D eigenvalue weighted by atomic mass is 10.0. The average molecular weight is 501 g/mol. The lowest BCUT2D eigenvalue weighted by Crippen LogP contribution is -2.20. The van der Waals surface area contributed by atoms with E-state index in [1.165, 1.54) is 12.7 Å². The molecule has 0 aliphatic heterocycles. The molecule has 4 aromatic carbocycles. The van der Waals surface area contributed by atoms with Gasteiger partial charge >= 0.3 is 5.97 Å². The number of esters is 1. The first-order valence-electron chi connectivity index (χ1n) is 11.7. The molecule has 1 atom stereocenters. The molecule has 0 bridgehead atoms. The van der Waals surface area contributed by atoms with Crippen molar-refractivity contribution >= 4 is 15.8 Å². The molecule has 0 aliphatic carbocycles. The summed E-state index contributed by atoms with van der Waals surface area (Å²) in [7, 11) is -2.32. The lowest BCUT2D eigenvalue weighted by Gasteiger charge is -2.22. The third-order valence-electron chi connectivity index (χ3n) is 5.94. The van der Waals surface area contributed by atoms with Gasteiger partial charge in [0.05, 0.1) is 23.3 Å². The third-order valence-corrected chi connectivity index (χ3v) is 7.68. The molecule has 0 spiro atoms. The van der Waals surface area contributed by atoms with E-state index in [4.69, 9.17) is 9.47 Å². The van der Waals surface area contributed by atoms with Gasteiger partial charge < -0.3 is 9.47 Å². The number of sulfone groups is 1. The van der Waals surface area contributed by atoms with Crippen LogP contribution in [0.15, 0.2) is 114 Å². The molecule has 1 unspecified atom stereocenters. The van der Waals surface area contributed by atoms with Gasteiger partial charge in [-0.2, -0.15) is 0 Å². The van der Waals surface area contributed by atoms with Gasteiger partial charge in [-0.3, -0.25) is 0 Å². The van der Waals surface area contributed by atoms with Crippen molar-refractivity contribution in [1.29, 1.82) is 0 Å². The zero-order valence-electron chi connectivity index (χ0n) is 20.0. The van der Waals surface area contributed by atoms with E-state index in [0.29, 0.717) is 16.9 Å². The molecule has 36 heavy (non-hydrogen) atoms. The molecular weight excluding hydrogens is 472 g/mol. The standard InChI is InChI=1S/C30H28O5S/c1-34-30(31)26-20-18-25(19-21-26)29(22-36(32,33)27-13-6-3-7-14-27)35-28-15-9-8-12-24(28)17-16-23-10-4-2-5-11-23/h2-15,18-21,29H,16-17,22H2,1H3. The summed E-state index contributed by atoms with van der Waals surface area (Å²) in [6.45, 7) is 0. The van der Waals surface area contributed by atoms with Crippen molar-refractivity contribution in [3.05, 3.63) is 131 Å². The Morgan fingerprint density at radius 2 is 1.36 bits per heavy atom. The van der Waals surface area contributed by atoms with E-state index in [1.54, 1.807) is 54.6 Å². The summed E-state index contributed by atoms with van der Waals surface area (Å²) in [5.74, 6) is -0.0670. The molecule has 0 heterocycles. The summed E-state index contributed by atoms with van der Waals surface area (Å²) in [6, 6.07) is 32.9. The predicted molar refractivity (Wildman–Crippen MR) is 140 cm³/mol. The highest BCUT2D eigenvalue weighted by Crippen LogP contribution is 2.29. The first kappa shape index (κ1) is 25.2. The number of rotatable bonds is 10. The Balaban J connectivity index is 1.63. The molecule has 0 saturated carbocycles. The molecule has 0 aromatic heterocycles. The highest BCUT2D eigenvalue weighted by Gasteiger charge is 2.25. The van der Waals surface area contributed by atoms with E-state index in [9.17, 15) is 13.2 Å². The molecule has 0 fully saturated rings. The minimum Gasteiger partial charge on any atom is -0.484 e. The van der Waals surface area contributed by atoms with Crippen LogP contribution in [0.3, 0.4) is 0 Å². The van der Waals surface area contributed by atoms with Crippen LogP contribution in [-0.2, 0) is 27.4 Å². The van der Waals surface area contributed by atoms with Crippen LogP contribution in [-0.4, -0.2) is 27.2 Å². The zero-order chi connectivity index (χ0) is 25.4. The van der Waals surface area contributed by atoms with Crippen LogP contribution in [0.4, 0.5) is 0 Å². The molecule has 5 nitrogen and oxygen atoms in total. The van der Waals surface area contributed by atoms with Gasteiger partial charge in [0, 0.05) is 0 Å². The predicted octanol–water partition coefficient (Wildman–Crippen LogP) is 5.85. The van der Waals surface area contributed by atoms with Crippen molar-refractivity contribution in [3.63, 3.8) is 0 Å². The fraction of sp³-hybridized carbons (Fsp3) is 0.167. The molecule has 184 valence electrons. The van der Waals surface area contributed by atoms with Gasteiger partial charge in [-0.25, -0.2) is 13.2 Å². The highest BCUT2D eigenvalue weighted by molar-refractivity contribution is 7.91. The maximum Gasteiger partial charge on any atom is 0.337 e. The molecule has 4 rings (SSSR count). The van der Waals surface area contributed by atoms with E-state index < -0.39 is 21.9 Å². The smallest absolute Gasteiger partial charge is 0.337 e. The van der Waals surface area contributed by atoms with Gasteiger partial charge in [-0.15, -0.1) is 0 Å². The average Bonchev–Trinajstić information content (AvgIpc) is 2.93. The number of hydrogen-bond acceptors (Lipinski definition) is 5. The quantitative estimate of drug-likeness (QED) is 0.255. The van der Waals surface area contributed by atoms with E-state index in [0.717, 1.165) is 18.4 Å². The molecule has 0 radical (unpaired) electrons. The van der Waals surface area contributed by atoms with Crippen molar-refractivity contribution in [2.45, 2.75) is 23.8 Å². The molecule has 0 saturated heterocycles. The zero-order valence-corrected chi connectivity index (χ0v) is 20.9. The Hall–Kier alpha value is -3.90. The van der Waals surface area contributed by atoms with Crippen molar-refractivity contribution in [3.8, 4) is 5.75 Å². The van der Waals surface area contributed by atoms with Crippen LogP contribution in [0.25, 0.3) is 0 Å². The van der Waals surface area contributed by atoms with Gasteiger partial charge in [0.2, 0.25) is 0 Å². The van der Waals surface area contributed by atoms with E-state index >= 15 is 0 Å². The summed E-state index contributed by atoms with van der Waals surface area (Å²) in [6.07, 6.45) is 0.807. The molecule has 0 N–H and O–H groups in total. The SMILES string of the molecule is COC(=O)c1ccc(C(CS(=O)(=O)c2ccccc2)Oc2ccccc2CCc2ccccc2)cc1. The summed E-state index contributed by atoms with van der Waals surface area (Å²) in [4.78, 5) is 12.1. The number of carbonyl (C=O) groups is 1. The van der Waals surface area contributed by atoms with Gasteiger partial charge in [0.25, 0.3) is 0 Å². The third kappa shape index (κ3) is 6.40. The Kier molecular flexibility index (Phi) is 8.18. The Labute approximate surface area is 212 Å². The number of ether oxygens (including phenoxy) is 2. The number of aryl methyl sites for hydroxylation is 2. The van der Waals surface area contributed by atoms with E-state index in [2.05, 4.69) is 12.1 Å². The minimum atomic E-state index is -3.64. The maximum absolute atomic E-state index is 13.3. The van der Waals surface area contributed by atoms with Crippen molar-refractivity contribution in [2.75, 3.05) is 12.9 Å². The second-order valence-electron chi connectivity index (χ2n) is 8.41. The normalized spacial score (nSPS) is 12.0. The summed E-state index contributed by atoms with van der Waals surface area (Å²) < 4.78 is 37.7. The largest absolute Gasteiger partial charge is 0.484 e. The lowest BCUT2D eigenvalue weighted by molar-refractivity contribution is 0.0600. The van der Waals surface area contributed by atoms with Crippen LogP contribution >= 0.6 is 0 Å². The van der Waals surface area contributed by atoms with Gasteiger partial charge in [0.1, 0.15) is 11.9 Å². The van der Waals surface area contributed by atoms with E-state index in [1.807, 2.05) is 42.5 Å². The Morgan fingerprint density at radius 1 is 0.750 bits per heavy atom. The van der Waals surface area contributed by atoms with Crippen molar-refractivity contribution in [1.82, 2.24) is 0 Å². The first-order valence-corrected chi connectivity index (χ1v) is 13.4. The van der Waals surface area contributed by atoms with Crippen LogP contribution in [0.5, 0.6) is 5.75 Å². The molecular formula is C30H28O5S. The minimum absolute atomic E-state index is 0.238. The Bertz CT molecular complexity index is 1380. The van der Waals surface area contributed by atoms with Crippen LogP contribution in [0.2, 0.25) is 0 Å². The van der Waals surface area contributed by atoms with Crippen LogP contribution in [0, 0.1) is 0 Å². The fourth-order valence-corrected chi connectivity index (χ4v) is 5.40. The topological polar surface area (TPSA) is 69.7 Å². The van der Waals surface area contributed by atoms with Crippen LogP contribution in [0.1, 0.15) is 33.2 Å². The number of hydrogen-bond donors (Lipinski definition) is 0. The van der Waals surface area contributed by atoms with Gasteiger partial charge in [-0.05, 0) is 59.9 Å². The van der Waals surface area contributed by atoms with Gasteiger partial charge in [0.15, 0.2) is 9.84 Å². The maximum atomic E-state index is 13.3. The molecule has 0 amide bonds. The first-order chi connectivity index (χ1) is 17.5. The highest BCUT2D eigenvalue weighted by atomic mass is 32.2. The van der Waals surface area contributed by atoms with Gasteiger partial charge in [-0.1, -0.05) is 78.9 Å². The second kappa shape index (κ2) is 11.7. The summed E-state index contributed by atoms with van der Waals surface area (Å²) in [5, 5.41) is 0. The molecule has 0 aliphatic rings. The van der Waals surface area contributed by atoms with Crippen molar-refractivity contribution < 1.29 is 22.7 Å². The Morgan fingerprint density at radius 3 is 2.03 bits per heavy atom. The fourth-order valence-electron chi connectivity index (χ4n) is 3.98.